The number of benzene rings is 1. The topological polar surface area (TPSA) is 85.1 Å². The molecule has 0 spiro atoms. The van der Waals surface area contributed by atoms with Gasteiger partial charge in [-0.15, -0.1) is 11.3 Å². The smallest absolute Gasteiger partial charge is 0.268 e. The minimum Gasteiger partial charge on any atom is -0.333 e. The lowest BCUT2D eigenvalue weighted by molar-refractivity contribution is 0.433. The molecule has 0 aliphatic heterocycles. The molecule has 3 rings (SSSR count). The van der Waals surface area contributed by atoms with Crippen molar-refractivity contribution in [2.75, 3.05) is 6.54 Å². The molecule has 0 aliphatic rings. The zero-order valence-corrected chi connectivity index (χ0v) is 16.8. The van der Waals surface area contributed by atoms with Crippen LogP contribution in [0.2, 0.25) is 0 Å². The van der Waals surface area contributed by atoms with Gasteiger partial charge in [0, 0.05) is 17.0 Å². The van der Waals surface area contributed by atoms with Crippen molar-refractivity contribution in [3.8, 4) is 22.2 Å². The molecule has 0 fully saturated rings. The van der Waals surface area contributed by atoms with Crippen LogP contribution >= 0.6 is 11.3 Å². The zero-order chi connectivity index (χ0) is 19.6. The normalized spacial score (nSPS) is 12.0. The summed E-state index contributed by atoms with van der Waals surface area (Å²) >= 11 is 1.27. The van der Waals surface area contributed by atoms with E-state index in [4.69, 9.17) is 4.52 Å². The van der Waals surface area contributed by atoms with E-state index in [1.165, 1.54) is 23.5 Å². The van der Waals surface area contributed by atoms with Crippen LogP contribution in [0.3, 0.4) is 0 Å². The second-order valence-corrected chi connectivity index (χ2v) is 9.53. The van der Waals surface area contributed by atoms with Gasteiger partial charge in [-0.1, -0.05) is 19.0 Å². The number of halogens is 1. The molecule has 2 aromatic heterocycles. The first-order chi connectivity index (χ1) is 12.8. The van der Waals surface area contributed by atoms with Crippen LogP contribution in [0.1, 0.15) is 25.1 Å². The van der Waals surface area contributed by atoms with Gasteiger partial charge in [0.25, 0.3) is 5.89 Å². The average Bonchev–Trinajstić information content (AvgIpc) is 3.22. The summed E-state index contributed by atoms with van der Waals surface area (Å²) in [5.41, 5.74) is 0.614. The maximum Gasteiger partial charge on any atom is 0.268 e. The monoisotopic (exact) mass is 409 g/mol. The molecular weight excluding hydrogens is 389 g/mol. The lowest BCUT2D eigenvalue weighted by Crippen LogP contribution is -2.25. The highest BCUT2D eigenvalue weighted by Crippen LogP contribution is 2.33. The fourth-order valence-electron chi connectivity index (χ4n) is 2.44. The fourth-order valence-corrected chi connectivity index (χ4v) is 5.00. The average molecular weight is 410 g/mol. The number of nitrogens with zero attached hydrogens (tertiary/aromatic N) is 2. The molecule has 0 unspecified atom stereocenters. The summed E-state index contributed by atoms with van der Waals surface area (Å²) in [5.74, 6) is 0.604. The second-order valence-electron chi connectivity index (χ2n) is 6.54. The number of aryl methyl sites for hydroxylation is 1. The minimum atomic E-state index is -3.60. The summed E-state index contributed by atoms with van der Waals surface area (Å²) in [6.07, 6.45) is 0.764. The van der Waals surface area contributed by atoms with Gasteiger partial charge in [0.2, 0.25) is 15.8 Å². The highest BCUT2D eigenvalue weighted by atomic mass is 32.2. The van der Waals surface area contributed by atoms with Crippen molar-refractivity contribution in [1.82, 2.24) is 14.9 Å². The number of nitrogens with one attached hydrogen (secondary N) is 1. The Balaban J connectivity index is 1.83. The van der Waals surface area contributed by atoms with Crippen LogP contribution in [-0.2, 0) is 10.0 Å². The third-order valence-electron chi connectivity index (χ3n) is 3.91. The van der Waals surface area contributed by atoms with Crippen molar-refractivity contribution in [3.63, 3.8) is 0 Å². The van der Waals surface area contributed by atoms with Gasteiger partial charge in [-0.05, 0) is 49.6 Å². The Kier molecular flexibility index (Phi) is 5.73. The van der Waals surface area contributed by atoms with E-state index in [1.807, 2.05) is 13.8 Å². The van der Waals surface area contributed by atoms with E-state index in [9.17, 15) is 12.8 Å². The molecule has 27 heavy (non-hydrogen) atoms. The van der Waals surface area contributed by atoms with Crippen molar-refractivity contribution in [2.45, 2.75) is 32.1 Å². The van der Waals surface area contributed by atoms with Crippen molar-refractivity contribution < 1.29 is 17.3 Å². The summed E-state index contributed by atoms with van der Waals surface area (Å²) in [7, 11) is -3.60. The van der Waals surface area contributed by atoms with Crippen molar-refractivity contribution in [1.29, 1.82) is 0 Å². The molecule has 2 heterocycles. The minimum absolute atomic E-state index is 0.216. The fraction of sp³-hybridized carbons (Fsp3) is 0.333. The Labute approximate surface area is 161 Å². The largest absolute Gasteiger partial charge is 0.333 e. The molecule has 9 heteroatoms. The van der Waals surface area contributed by atoms with Crippen LogP contribution in [-0.4, -0.2) is 25.1 Å². The van der Waals surface area contributed by atoms with Crippen molar-refractivity contribution in [3.05, 3.63) is 41.0 Å². The van der Waals surface area contributed by atoms with Crippen LogP contribution in [0.4, 0.5) is 4.39 Å². The van der Waals surface area contributed by atoms with Gasteiger partial charge >= 0.3 is 0 Å². The summed E-state index contributed by atoms with van der Waals surface area (Å²) in [5, 5.41) is 3.90. The first-order valence-corrected chi connectivity index (χ1v) is 10.8. The van der Waals surface area contributed by atoms with Crippen LogP contribution < -0.4 is 4.72 Å². The third kappa shape index (κ3) is 4.60. The van der Waals surface area contributed by atoms with Gasteiger partial charge in [0.05, 0.1) is 9.77 Å². The molecule has 0 saturated carbocycles. The molecular formula is C18H20FN3O3S2. The highest BCUT2D eigenvalue weighted by molar-refractivity contribution is 7.89. The Bertz CT molecular complexity index is 1020. The number of aromatic nitrogens is 2. The van der Waals surface area contributed by atoms with E-state index in [2.05, 4.69) is 14.9 Å². The van der Waals surface area contributed by atoms with E-state index in [1.54, 1.807) is 25.1 Å². The lowest BCUT2D eigenvalue weighted by atomic mass is 10.1. The quantitative estimate of drug-likeness (QED) is 0.631. The molecule has 3 aromatic rings. The molecule has 0 aliphatic carbocycles. The van der Waals surface area contributed by atoms with Gasteiger partial charge < -0.3 is 4.52 Å². The van der Waals surface area contributed by atoms with Crippen LogP contribution in [0.5, 0.6) is 0 Å². The highest BCUT2D eigenvalue weighted by Gasteiger charge is 2.22. The summed E-state index contributed by atoms with van der Waals surface area (Å²) in [6, 6.07) is 7.28. The van der Waals surface area contributed by atoms with Crippen molar-refractivity contribution >= 4 is 21.4 Å². The molecule has 0 radical (unpaired) electrons. The third-order valence-corrected chi connectivity index (χ3v) is 6.67. The number of hydrogen-bond acceptors (Lipinski definition) is 6. The SMILES string of the molecule is Cc1sc(-c2nc(-c3ccc(F)cc3)no2)cc1S(=O)(=O)NCCC(C)C. The molecule has 0 atom stereocenters. The van der Waals surface area contributed by atoms with Gasteiger partial charge in [-0.3, -0.25) is 0 Å². The Hall–Kier alpha value is -2.10. The molecule has 1 aromatic carbocycles. The van der Waals surface area contributed by atoms with Gasteiger partial charge in [0.15, 0.2) is 0 Å². The molecule has 0 bridgehead atoms. The second kappa shape index (κ2) is 7.87. The predicted molar refractivity (Wildman–Crippen MR) is 102 cm³/mol. The number of sulfonamides is 1. The number of thiophene rings is 1. The number of hydrogen-bond donors (Lipinski definition) is 1. The molecule has 0 amide bonds. The van der Waals surface area contributed by atoms with E-state index in [-0.39, 0.29) is 16.6 Å². The zero-order valence-electron chi connectivity index (χ0n) is 15.2. The van der Waals surface area contributed by atoms with Gasteiger partial charge in [0.1, 0.15) is 5.82 Å². The summed E-state index contributed by atoms with van der Waals surface area (Å²) in [6.45, 7) is 6.20. The van der Waals surface area contributed by atoms with Gasteiger partial charge in [-0.2, -0.15) is 4.98 Å². The predicted octanol–water partition coefficient (Wildman–Crippen LogP) is 4.24. The Morgan fingerprint density at radius 3 is 2.63 bits per heavy atom. The Morgan fingerprint density at radius 1 is 1.26 bits per heavy atom. The van der Waals surface area contributed by atoms with E-state index < -0.39 is 10.0 Å². The molecule has 144 valence electrons. The summed E-state index contributed by atoms with van der Waals surface area (Å²) < 4.78 is 46.0. The molecule has 1 N–H and O–H groups in total. The van der Waals surface area contributed by atoms with Crippen LogP contribution in [0, 0.1) is 18.7 Å². The molecule has 0 saturated heterocycles. The van der Waals surface area contributed by atoms with Gasteiger partial charge in [-0.25, -0.2) is 17.5 Å². The van der Waals surface area contributed by atoms with E-state index >= 15 is 0 Å². The van der Waals surface area contributed by atoms with Crippen LogP contribution in [0.15, 0.2) is 39.8 Å². The van der Waals surface area contributed by atoms with E-state index in [0.29, 0.717) is 33.6 Å². The Morgan fingerprint density at radius 2 is 1.96 bits per heavy atom. The van der Waals surface area contributed by atoms with Crippen molar-refractivity contribution in [2.24, 2.45) is 5.92 Å². The van der Waals surface area contributed by atoms with E-state index in [0.717, 1.165) is 6.42 Å². The molecule has 6 nitrogen and oxygen atoms in total. The number of rotatable bonds is 7. The first-order valence-electron chi connectivity index (χ1n) is 8.46. The maximum absolute atomic E-state index is 13.0. The lowest BCUT2D eigenvalue weighted by Gasteiger charge is -2.07. The standard InChI is InChI=1S/C18H20FN3O3S2/c1-11(2)8-9-20-27(23,24)16-10-15(26-12(16)3)18-21-17(22-25-18)13-4-6-14(19)7-5-13/h4-7,10-11,20H,8-9H2,1-3H3. The van der Waals surface area contributed by atoms with Crippen LogP contribution in [0.25, 0.3) is 22.2 Å². The summed E-state index contributed by atoms with van der Waals surface area (Å²) in [4.78, 5) is 5.72. The first kappa shape index (κ1) is 19.7. The maximum atomic E-state index is 13.0.